The van der Waals surface area contributed by atoms with Crippen molar-refractivity contribution in [2.24, 2.45) is 0 Å². The van der Waals surface area contributed by atoms with Gasteiger partial charge in [0, 0.05) is 20.2 Å². The van der Waals surface area contributed by atoms with Crippen LogP contribution in [0.3, 0.4) is 0 Å². The summed E-state index contributed by atoms with van der Waals surface area (Å²) >= 11 is 1.05. The minimum atomic E-state index is -0.352. The number of hydrogen-bond donors (Lipinski definition) is 0. The first-order valence-corrected chi connectivity index (χ1v) is 6.51. The van der Waals surface area contributed by atoms with Crippen molar-refractivity contribution < 1.29 is 19.1 Å². The summed E-state index contributed by atoms with van der Waals surface area (Å²) in [5, 5.41) is 3.81. The van der Waals surface area contributed by atoms with Crippen LogP contribution in [-0.4, -0.2) is 60.3 Å². The number of aryl methyl sites for hydroxylation is 1. The van der Waals surface area contributed by atoms with Gasteiger partial charge in [0.2, 0.25) is 0 Å². The number of ether oxygens (including phenoxy) is 2. The van der Waals surface area contributed by atoms with Crippen molar-refractivity contribution in [3.05, 3.63) is 10.6 Å². The summed E-state index contributed by atoms with van der Waals surface area (Å²) in [6.07, 6.45) is 0.150. The maximum absolute atomic E-state index is 12.3. The van der Waals surface area contributed by atoms with Gasteiger partial charge in [-0.3, -0.25) is 9.59 Å². The first-order valence-electron chi connectivity index (χ1n) is 5.74. The second kappa shape index (κ2) is 7.80. The lowest BCUT2D eigenvalue weighted by atomic mass is 10.3. The molecule has 1 aromatic heterocycles. The molecule has 0 fully saturated rings. The van der Waals surface area contributed by atoms with Crippen LogP contribution in [-0.2, 0) is 14.3 Å². The molecule has 19 heavy (non-hydrogen) atoms. The van der Waals surface area contributed by atoms with E-state index in [1.54, 1.807) is 18.9 Å². The zero-order valence-electron chi connectivity index (χ0n) is 11.2. The van der Waals surface area contributed by atoms with Crippen LogP contribution < -0.4 is 0 Å². The molecule has 7 nitrogen and oxygen atoms in total. The Hall–Kier alpha value is -1.54. The Morgan fingerprint density at radius 1 is 1.32 bits per heavy atom. The molecule has 0 unspecified atom stereocenters. The van der Waals surface area contributed by atoms with Gasteiger partial charge in [-0.05, 0) is 18.5 Å². The predicted molar refractivity (Wildman–Crippen MR) is 69.1 cm³/mol. The SMILES string of the molecule is COCCN(CCC(=O)OC)C(=O)c1snnc1C. The molecular weight excluding hydrogens is 270 g/mol. The van der Waals surface area contributed by atoms with Crippen LogP contribution in [0.15, 0.2) is 0 Å². The summed E-state index contributed by atoms with van der Waals surface area (Å²) in [5.41, 5.74) is 0.593. The van der Waals surface area contributed by atoms with E-state index >= 15 is 0 Å². The minimum absolute atomic E-state index is 0.150. The summed E-state index contributed by atoms with van der Waals surface area (Å²) in [5.74, 6) is -0.539. The molecule has 0 aliphatic rings. The Balaban J connectivity index is 2.70. The van der Waals surface area contributed by atoms with Gasteiger partial charge >= 0.3 is 5.97 Å². The van der Waals surface area contributed by atoms with Gasteiger partial charge in [0.15, 0.2) is 0 Å². The lowest BCUT2D eigenvalue weighted by molar-refractivity contribution is -0.140. The molecule has 106 valence electrons. The van der Waals surface area contributed by atoms with Gasteiger partial charge < -0.3 is 14.4 Å². The molecular formula is C11H17N3O4S. The van der Waals surface area contributed by atoms with Gasteiger partial charge in [-0.15, -0.1) is 5.10 Å². The zero-order valence-corrected chi connectivity index (χ0v) is 12.0. The van der Waals surface area contributed by atoms with Gasteiger partial charge in [0.05, 0.1) is 25.8 Å². The van der Waals surface area contributed by atoms with Crippen molar-refractivity contribution in [2.75, 3.05) is 33.9 Å². The largest absolute Gasteiger partial charge is 0.469 e. The molecule has 0 bridgehead atoms. The Kier molecular flexibility index (Phi) is 6.37. The van der Waals surface area contributed by atoms with Crippen molar-refractivity contribution in [3.63, 3.8) is 0 Å². The lowest BCUT2D eigenvalue weighted by Gasteiger charge is -2.21. The van der Waals surface area contributed by atoms with Crippen molar-refractivity contribution in [1.82, 2.24) is 14.5 Å². The number of hydrogen-bond acceptors (Lipinski definition) is 7. The average molecular weight is 287 g/mol. The summed E-state index contributed by atoms with van der Waals surface area (Å²) in [4.78, 5) is 25.5. The van der Waals surface area contributed by atoms with E-state index < -0.39 is 0 Å². The van der Waals surface area contributed by atoms with Crippen LogP contribution in [0, 0.1) is 6.92 Å². The van der Waals surface area contributed by atoms with Crippen molar-refractivity contribution in [3.8, 4) is 0 Å². The second-order valence-corrected chi connectivity index (χ2v) is 4.55. The summed E-state index contributed by atoms with van der Waals surface area (Å²) in [6, 6.07) is 0. The van der Waals surface area contributed by atoms with Gasteiger partial charge in [-0.1, -0.05) is 4.49 Å². The van der Waals surface area contributed by atoms with Gasteiger partial charge in [-0.2, -0.15) is 0 Å². The van der Waals surface area contributed by atoms with Crippen LogP contribution in [0.1, 0.15) is 21.8 Å². The molecule has 0 aliphatic heterocycles. The highest BCUT2D eigenvalue weighted by atomic mass is 32.1. The molecule has 8 heteroatoms. The van der Waals surface area contributed by atoms with E-state index in [0.717, 1.165) is 11.5 Å². The van der Waals surface area contributed by atoms with E-state index in [1.165, 1.54) is 7.11 Å². The highest BCUT2D eigenvalue weighted by molar-refractivity contribution is 7.07. The highest BCUT2D eigenvalue weighted by Crippen LogP contribution is 2.13. The number of carbonyl (C=O) groups is 2. The molecule has 1 aromatic rings. The fourth-order valence-corrected chi connectivity index (χ4v) is 2.04. The number of nitrogens with zero attached hydrogens (tertiary/aromatic N) is 3. The number of rotatable bonds is 7. The highest BCUT2D eigenvalue weighted by Gasteiger charge is 2.21. The van der Waals surface area contributed by atoms with Gasteiger partial charge in [0.1, 0.15) is 4.88 Å². The van der Waals surface area contributed by atoms with Crippen LogP contribution in [0.4, 0.5) is 0 Å². The monoisotopic (exact) mass is 287 g/mol. The van der Waals surface area contributed by atoms with Crippen molar-refractivity contribution >= 4 is 23.4 Å². The predicted octanol–water partition coefficient (Wildman–Crippen LogP) is 0.498. The Labute approximate surface area is 115 Å². The third kappa shape index (κ3) is 4.56. The van der Waals surface area contributed by atoms with Crippen LogP contribution in [0.2, 0.25) is 0 Å². The molecule has 1 rings (SSSR count). The number of carbonyl (C=O) groups excluding carboxylic acids is 2. The third-order valence-electron chi connectivity index (χ3n) is 2.51. The molecule has 0 spiro atoms. The molecule has 0 atom stereocenters. The second-order valence-electron chi connectivity index (χ2n) is 3.80. The lowest BCUT2D eigenvalue weighted by Crippen LogP contribution is -2.35. The number of aromatic nitrogens is 2. The van der Waals surface area contributed by atoms with Crippen LogP contribution in [0.25, 0.3) is 0 Å². The standard InChI is InChI=1S/C11H17N3O4S/c1-8-10(19-13-12-8)11(16)14(6-7-17-2)5-4-9(15)18-3/h4-7H2,1-3H3. The molecule has 0 saturated carbocycles. The average Bonchev–Trinajstić information content (AvgIpc) is 2.84. The minimum Gasteiger partial charge on any atom is -0.469 e. The molecule has 0 radical (unpaired) electrons. The first kappa shape index (κ1) is 15.5. The Bertz CT molecular complexity index is 435. The number of esters is 1. The topological polar surface area (TPSA) is 81.6 Å². The summed E-state index contributed by atoms with van der Waals surface area (Å²) in [7, 11) is 2.88. The van der Waals surface area contributed by atoms with E-state index in [-0.39, 0.29) is 24.8 Å². The molecule has 0 aliphatic carbocycles. The molecule has 0 aromatic carbocycles. The smallest absolute Gasteiger partial charge is 0.307 e. The van der Waals surface area contributed by atoms with Crippen LogP contribution >= 0.6 is 11.5 Å². The Morgan fingerprint density at radius 2 is 2.05 bits per heavy atom. The van der Waals surface area contributed by atoms with E-state index in [4.69, 9.17) is 4.74 Å². The quantitative estimate of drug-likeness (QED) is 0.679. The van der Waals surface area contributed by atoms with Crippen molar-refractivity contribution in [2.45, 2.75) is 13.3 Å². The normalized spacial score (nSPS) is 10.3. The fraction of sp³-hybridized carbons (Fsp3) is 0.636. The summed E-state index contributed by atoms with van der Waals surface area (Å²) in [6.45, 7) is 2.82. The van der Waals surface area contributed by atoms with E-state index in [9.17, 15) is 9.59 Å². The fourth-order valence-electron chi connectivity index (χ4n) is 1.42. The van der Waals surface area contributed by atoms with E-state index in [2.05, 4.69) is 14.3 Å². The van der Waals surface area contributed by atoms with E-state index in [1.807, 2.05) is 0 Å². The van der Waals surface area contributed by atoms with Gasteiger partial charge in [0.25, 0.3) is 5.91 Å². The number of methoxy groups -OCH3 is 2. The van der Waals surface area contributed by atoms with Crippen LogP contribution in [0.5, 0.6) is 0 Å². The Morgan fingerprint density at radius 3 is 2.58 bits per heavy atom. The maximum Gasteiger partial charge on any atom is 0.307 e. The third-order valence-corrected chi connectivity index (χ3v) is 3.33. The van der Waals surface area contributed by atoms with Gasteiger partial charge in [-0.25, -0.2) is 0 Å². The maximum atomic E-state index is 12.3. The molecule has 0 saturated heterocycles. The molecule has 1 heterocycles. The molecule has 1 amide bonds. The van der Waals surface area contributed by atoms with E-state index in [0.29, 0.717) is 23.7 Å². The first-order chi connectivity index (χ1) is 9.10. The zero-order chi connectivity index (χ0) is 14.3. The van der Waals surface area contributed by atoms with Crippen molar-refractivity contribution in [1.29, 1.82) is 0 Å². The molecule has 0 N–H and O–H groups in total. The summed E-state index contributed by atoms with van der Waals surface area (Å²) < 4.78 is 13.3. The number of amides is 1.